The second-order valence-electron chi connectivity index (χ2n) is 10.3. The molecule has 5 rings (SSSR count). The monoisotopic (exact) mass is 549 g/mol. The standard InChI is InChI=1S/C34H35N3O4/c1-23-7-6-8-26(19-23)33(38)36-30-10-5-4-9-29(30)34(39)35-28-13-11-24(12-14-28)15-17-37-18-16-25-20-31(40-2)32(41-3)21-27(25)22-37/h4-14,19-21H,15-18,22H2,1-3H3,(H,35,39)(H,36,38). The third kappa shape index (κ3) is 6.76. The van der Waals surface area contributed by atoms with E-state index in [1.165, 1.54) is 16.7 Å². The average molecular weight is 550 g/mol. The van der Waals surface area contributed by atoms with Crippen LogP contribution in [0.15, 0.2) is 84.9 Å². The van der Waals surface area contributed by atoms with E-state index in [0.717, 1.165) is 49.5 Å². The molecule has 0 aliphatic carbocycles. The largest absolute Gasteiger partial charge is 0.493 e. The first-order valence-electron chi connectivity index (χ1n) is 13.8. The van der Waals surface area contributed by atoms with Crippen molar-refractivity contribution in [3.05, 3.63) is 118 Å². The molecular weight excluding hydrogens is 514 g/mol. The van der Waals surface area contributed by atoms with Crippen molar-refractivity contribution in [2.24, 2.45) is 0 Å². The molecule has 7 heteroatoms. The van der Waals surface area contributed by atoms with Gasteiger partial charge in [0.25, 0.3) is 11.8 Å². The average Bonchev–Trinajstić information content (AvgIpc) is 3.00. The molecule has 4 aromatic carbocycles. The Morgan fingerprint density at radius 3 is 2.27 bits per heavy atom. The van der Waals surface area contributed by atoms with Gasteiger partial charge >= 0.3 is 0 Å². The second kappa shape index (κ2) is 12.7. The molecule has 0 bridgehead atoms. The van der Waals surface area contributed by atoms with E-state index in [2.05, 4.69) is 27.7 Å². The molecule has 0 saturated carbocycles. The number of nitrogens with one attached hydrogen (secondary N) is 2. The Balaban J connectivity index is 1.17. The zero-order valence-corrected chi connectivity index (χ0v) is 23.7. The molecule has 1 aliphatic rings. The van der Waals surface area contributed by atoms with Crippen LogP contribution < -0.4 is 20.1 Å². The van der Waals surface area contributed by atoms with E-state index < -0.39 is 0 Å². The Hall–Kier alpha value is -4.62. The topological polar surface area (TPSA) is 79.9 Å². The molecule has 0 unspecified atom stereocenters. The Labute approximate surface area is 241 Å². The zero-order valence-electron chi connectivity index (χ0n) is 23.7. The normalized spacial score (nSPS) is 12.8. The van der Waals surface area contributed by atoms with Gasteiger partial charge in [0.1, 0.15) is 0 Å². The van der Waals surface area contributed by atoms with Crippen LogP contribution in [0.5, 0.6) is 11.5 Å². The van der Waals surface area contributed by atoms with Crippen molar-refractivity contribution in [3.8, 4) is 11.5 Å². The number of hydrogen-bond acceptors (Lipinski definition) is 5. The number of hydrogen-bond donors (Lipinski definition) is 2. The van der Waals surface area contributed by atoms with Gasteiger partial charge in [-0.25, -0.2) is 0 Å². The van der Waals surface area contributed by atoms with Crippen LogP contribution in [-0.2, 0) is 19.4 Å². The van der Waals surface area contributed by atoms with Crippen LogP contribution in [-0.4, -0.2) is 44.0 Å². The SMILES string of the molecule is COc1cc2c(cc1OC)CN(CCc1ccc(NC(=O)c3ccccc3NC(=O)c3cccc(C)c3)cc1)CC2. The quantitative estimate of drug-likeness (QED) is 0.263. The van der Waals surface area contributed by atoms with Crippen molar-refractivity contribution in [2.75, 3.05) is 37.9 Å². The molecule has 7 nitrogen and oxygen atoms in total. The summed E-state index contributed by atoms with van der Waals surface area (Å²) in [5.41, 5.74) is 6.90. The van der Waals surface area contributed by atoms with Crippen LogP contribution in [0.3, 0.4) is 0 Å². The van der Waals surface area contributed by atoms with Gasteiger partial charge in [0, 0.05) is 30.9 Å². The summed E-state index contributed by atoms with van der Waals surface area (Å²) in [4.78, 5) is 28.3. The minimum atomic E-state index is -0.281. The van der Waals surface area contributed by atoms with Crippen molar-refractivity contribution in [1.29, 1.82) is 0 Å². The predicted molar refractivity (Wildman–Crippen MR) is 162 cm³/mol. The summed E-state index contributed by atoms with van der Waals surface area (Å²) in [7, 11) is 3.34. The predicted octanol–water partition coefficient (Wildman–Crippen LogP) is 6.12. The van der Waals surface area contributed by atoms with Crippen molar-refractivity contribution in [3.63, 3.8) is 0 Å². The van der Waals surface area contributed by atoms with Gasteiger partial charge in [0.2, 0.25) is 0 Å². The maximum atomic E-state index is 13.1. The lowest BCUT2D eigenvalue weighted by Crippen LogP contribution is -2.32. The maximum Gasteiger partial charge on any atom is 0.257 e. The molecule has 4 aromatic rings. The number of rotatable bonds is 9. The molecule has 2 N–H and O–H groups in total. The first kappa shape index (κ1) is 27.9. The number of aryl methyl sites for hydroxylation is 1. The summed E-state index contributed by atoms with van der Waals surface area (Å²) >= 11 is 0. The molecule has 2 amide bonds. The van der Waals surface area contributed by atoms with E-state index >= 15 is 0 Å². The first-order valence-corrected chi connectivity index (χ1v) is 13.8. The molecule has 0 spiro atoms. The first-order chi connectivity index (χ1) is 19.9. The number of anilines is 2. The van der Waals surface area contributed by atoms with Crippen LogP contribution in [0, 0.1) is 6.92 Å². The summed E-state index contributed by atoms with van der Waals surface area (Å²) in [5.74, 6) is 1.01. The fraction of sp³-hybridized carbons (Fsp3) is 0.235. The van der Waals surface area contributed by atoms with Crippen LogP contribution in [0.25, 0.3) is 0 Å². The van der Waals surface area contributed by atoms with Crippen molar-refractivity contribution in [2.45, 2.75) is 26.3 Å². The third-order valence-corrected chi connectivity index (χ3v) is 7.43. The lowest BCUT2D eigenvalue weighted by atomic mass is 9.98. The number of nitrogens with zero attached hydrogens (tertiary/aromatic N) is 1. The Morgan fingerprint density at radius 1 is 0.805 bits per heavy atom. The van der Waals surface area contributed by atoms with E-state index in [1.54, 1.807) is 44.6 Å². The minimum Gasteiger partial charge on any atom is -0.493 e. The molecule has 41 heavy (non-hydrogen) atoms. The van der Waals surface area contributed by atoms with Gasteiger partial charge in [-0.1, -0.05) is 42.0 Å². The fourth-order valence-corrected chi connectivity index (χ4v) is 5.14. The summed E-state index contributed by atoms with van der Waals surface area (Å²) in [6.45, 7) is 4.75. The van der Waals surface area contributed by atoms with E-state index in [4.69, 9.17) is 9.47 Å². The Kier molecular flexibility index (Phi) is 8.65. The highest BCUT2D eigenvalue weighted by Crippen LogP contribution is 2.33. The molecular formula is C34H35N3O4. The van der Waals surface area contributed by atoms with E-state index in [1.807, 2.05) is 49.4 Å². The number of amides is 2. The summed E-state index contributed by atoms with van der Waals surface area (Å²) in [6, 6.07) is 26.5. The Morgan fingerprint density at radius 2 is 1.54 bits per heavy atom. The van der Waals surface area contributed by atoms with Crippen molar-refractivity contribution in [1.82, 2.24) is 4.90 Å². The molecule has 0 aromatic heterocycles. The maximum absolute atomic E-state index is 13.1. The van der Waals surface area contributed by atoms with E-state index in [0.29, 0.717) is 22.5 Å². The van der Waals surface area contributed by atoms with Crippen molar-refractivity contribution >= 4 is 23.2 Å². The Bertz CT molecular complexity index is 1550. The number of benzene rings is 4. The molecule has 0 saturated heterocycles. The minimum absolute atomic E-state index is 0.255. The van der Waals surface area contributed by atoms with Gasteiger partial charge in [-0.2, -0.15) is 0 Å². The summed E-state index contributed by atoms with van der Waals surface area (Å²) in [6.07, 6.45) is 1.89. The van der Waals surface area contributed by atoms with Crippen LogP contribution in [0.1, 0.15) is 43.0 Å². The second-order valence-corrected chi connectivity index (χ2v) is 10.3. The number of carbonyl (C=O) groups is 2. The zero-order chi connectivity index (χ0) is 28.8. The smallest absolute Gasteiger partial charge is 0.257 e. The molecule has 0 radical (unpaired) electrons. The molecule has 210 valence electrons. The van der Waals surface area contributed by atoms with Crippen LogP contribution in [0.4, 0.5) is 11.4 Å². The molecule has 1 aliphatic heterocycles. The molecule has 1 heterocycles. The van der Waals surface area contributed by atoms with Crippen LogP contribution in [0.2, 0.25) is 0 Å². The number of methoxy groups -OCH3 is 2. The molecule has 0 atom stereocenters. The lowest BCUT2D eigenvalue weighted by molar-refractivity contribution is 0.102. The lowest BCUT2D eigenvalue weighted by Gasteiger charge is -2.29. The summed E-state index contributed by atoms with van der Waals surface area (Å²) < 4.78 is 10.9. The van der Waals surface area contributed by atoms with Gasteiger partial charge in [0.15, 0.2) is 11.5 Å². The fourth-order valence-electron chi connectivity index (χ4n) is 5.14. The number of ether oxygens (including phenoxy) is 2. The van der Waals surface area contributed by atoms with Gasteiger partial charge in [0.05, 0.1) is 25.5 Å². The van der Waals surface area contributed by atoms with Gasteiger partial charge < -0.3 is 20.1 Å². The summed E-state index contributed by atoms with van der Waals surface area (Å²) in [5, 5.41) is 5.84. The van der Waals surface area contributed by atoms with Crippen molar-refractivity contribution < 1.29 is 19.1 Å². The van der Waals surface area contributed by atoms with Gasteiger partial charge in [-0.05, 0) is 85.0 Å². The highest BCUT2D eigenvalue weighted by atomic mass is 16.5. The van der Waals surface area contributed by atoms with Crippen LogP contribution >= 0.6 is 0 Å². The number of para-hydroxylation sites is 1. The van der Waals surface area contributed by atoms with Gasteiger partial charge in [-0.15, -0.1) is 0 Å². The number of carbonyl (C=O) groups excluding carboxylic acids is 2. The number of fused-ring (bicyclic) bond motifs is 1. The molecule has 0 fully saturated rings. The van der Waals surface area contributed by atoms with E-state index in [9.17, 15) is 9.59 Å². The highest BCUT2D eigenvalue weighted by molar-refractivity contribution is 6.12. The highest BCUT2D eigenvalue weighted by Gasteiger charge is 2.19. The van der Waals surface area contributed by atoms with Gasteiger partial charge in [-0.3, -0.25) is 14.5 Å². The third-order valence-electron chi connectivity index (χ3n) is 7.43. The van der Waals surface area contributed by atoms with E-state index in [-0.39, 0.29) is 11.8 Å².